The molecule has 2 atom stereocenters. The Morgan fingerprint density at radius 3 is 2.44 bits per heavy atom. The summed E-state index contributed by atoms with van der Waals surface area (Å²) in [5.41, 5.74) is 3.42. The van der Waals surface area contributed by atoms with Crippen LogP contribution in [0.2, 0.25) is 0 Å². The maximum Gasteiger partial charge on any atom is 0.407 e. The Kier molecular flexibility index (Phi) is 6.41. The van der Waals surface area contributed by atoms with Gasteiger partial charge in [-0.2, -0.15) is 0 Å². The van der Waals surface area contributed by atoms with E-state index in [0.717, 1.165) is 4.90 Å². The summed E-state index contributed by atoms with van der Waals surface area (Å²) in [6, 6.07) is 12.2. The van der Waals surface area contributed by atoms with Crippen LogP contribution in [-0.2, 0) is 11.3 Å². The molecule has 1 aromatic heterocycles. The number of hydrogen-bond acceptors (Lipinski definition) is 5. The average molecular weight is 473 g/mol. The number of rotatable bonds is 6. The third-order valence-corrected chi connectivity index (χ3v) is 5.79. The zero-order valence-corrected chi connectivity index (χ0v) is 17.7. The van der Waals surface area contributed by atoms with Gasteiger partial charge in [0.15, 0.2) is 5.82 Å². The highest BCUT2D eigenvalue weighted by Crippen LogP contribution is 2.25. The number of carbonyl (C=O) groups is 3. The smallest absolute Gasteiger partial charge is 0.407 e. The quantitative estimate of drug-likeness (QED) is 0.320. The van der Waals surface area contributed by atoms with E-state index in [4.69, 9.17) is 5.21 Å². The Labute approximate surface area is 191 Å². The Hall–Kier alpha value is -4.06. The highest BCUT2D eigenvalue weighted by molar-refractivity contribution is 5.95. The van der Waals surface area contributed by atoms with E-state index in [-0.39, 0.29) is 31.0 Å². The van der Waals surface area contributed by atoms with Gasteiger partial charge in [-0.15, -0.1) is 0 Å². The van der Waals surface area contributed by atoms with E-state index in [1.54, 1.807) is 36.4 Å². The van der Waals surface area contributed by atoms with E-state index in [1.165, 1.54) is 22.2 Å². The second-order valence-corrected chi connectivity index (χ2v) is 7.89. The fourth-order valence-electron chi connectivity index (χ4n) is 4.08. The van der Waals surface area contributed by atoms with Crippen LogP contribution in [0.25, 0.3) is 11.0 Å². The molecule has 0 radical (unpaired) electrons. The molecule has 2 aromatic carbocycles. The number of nitrogens with zero attached hydrogens (tertiary/aromatic N) is 3. The van der Waals surface area contributed by atoms with Crippen LogP contribution in [0, 0.1) is 5.92 Å². The number of likely N-dealkylation sites (tertiary alicyclic amines) is 1. The molecule has 1 aliphatic heterocycles. The van der Waals surface area contributed by atoms with Gasteiger partial charge in [0.1, 0.15) is 0 Å². The van der Waals surface area contributed by atoms with Crippen molar-refractivity contribution >= 4 is 28.9 Å². The molecule has 1 fully saturated rings. The van der Waals surface area contributed by atoms with Crippen molar-refractivity contribution in [3.8, 4) is 0 Å². The molecule has 0 spiro atoms. The fourth-order valence-corrected chi connectivity index (χ4v) is 4.08. The van der Waals surface area contributed by atoms with Crippen LogP contribution in [0.15, 0.2) is 48.5 Å². The number of hydroxylamine groups is 1. The summed E-state index contributed by atoms with van der Waals surface area (Å²) in [4.78, 5) is 40.8. The monoisotopic (exact) mass is 473 g/mol. The van der Waals surface area contributed by atoms with E-state index in [1.807, 2.05) is 0 Å². The first-order valence-corrected chi connectivity index (χ1v) is 10.3. The summed E-state index contributed by atoms with van der Waals surface area (Å²) in [5.74, 6) is -2.64. The second kappa shape index (κ2) is 9.43. The molecule has 0 saturated carbocycles. The normalized spacial score (nSPS) is 17.8. The first-order chi connectivity index (χ1) is 16.3. The Balaban J connectivity index is 1.49. The van der Waals surface area contributed by atoms with Crippen molar-refractivity contribution in [3.05, 3.63) is 65.5 Å². The summed E-state index contributed by atoms with van der Waals surface area (Å²) >= 11 is 0. The molecule has 0 bridgehead atoms. The predicted molar refractivity (Wildman–Crippen MR) is 115 cm³/mol. The molecule has 4 N–H and O–H groups in total. The van der Waals surface area contributed by atoms with Crippen LogP contribution >= 0.6 is 0 Å². The van der Waals surface area contributed by atoms with Crippen LogP contribution in [0.3, 0.4) is 0 Å². The number of benzene rings is 2. The van der Waals surface area contributed by atoms with Crippen LogP contribution in [0.1, 0.15) is 28.2 Å². The minimum Gasteiger partial charge on any atom is -0.465 e. The number of alkyl halides is 2. The van der Waals surface area contributed by atoms with Gasteiger partial charge in [0.05, 0.1) is 23.0 Å². The average Bonchev–Trinajstić information content (AvgIpc) is 3.41. The largest absolute Gasteiger partial charge is 0.465 e. The second-order valence-electron chi connectivity index (χ2n) is 7.89. The van der Waals surface area contributed by atoms with Crippen molar-refractivity contribution in [2.24, 2.45) is 5.92 Å². The van der Waals surface area contributed by atoms with E-state index < -0.39 is 36.3 Å². The Morgan fingerprint density at radius 1 is 1.09 bits per heavy atom. The van der Waals surface area contributed by atoms with Crippen molar-refractivity contribution in [1.29, 1.82) is 0 Å². The number of halogens is 2. The van der Waals surface area contributed by atoms with E-state index in [0.29, 0.717) is 16.6 Å². The number of amides is 3. The highest BCUT2D eigenvalue weighted by atomic mass is 19.3. The number of carboxylic acid groups (broad SMARTS) is 1. The standard InChI is InChI=1S/C22H21F2N5O5/c23-18(24)19-25-15-3-1-2-4-17(15)29(19)9-12-5-7-13(8-6-12)20(30)26-16-11-28(22(32)33)10-14(16)21(31)27-34/h1-8,14,16,18,34H,9-11H2,(H,26,30)(H,27,31)(H,32,33)/t14-,16+/m0/s1. The number of fused-ring (bicyclic) bond motifs is 1. The summed E-state index contributed by atoms with van der Waals surface area (Å²) in [7, 11) is 0. The molecule has 1 saturated heterocycles. The van der Waals surface area contributed by atoms with Gasteiger partial charge in [0.25, 0.3) is 12.3 Å². The summed E-state index contributed by atoms with van der Waals surface area (Å²) in [6.07, 6.45) is -4.00. The summed E-state index contributed by atoms with van der Waals surface area (Å²) < 4.78 is 28.4. The molecule has 178 valence electrons. The van der Waals surface area contributed by atoms with Crippen LogP contribution in [0.5, 0.6) is 0 Å². The van der Waals surface area contributed by atoms with Crippen molar-refractivity contribution < 1.29 is 33.5 Å². The molecule has 0 unspecified atom stereocenters. The lowest BCUT2D eigenvalue weighted by Gasteiger charge is -2.18. The van der Waals surface area contributed by atoms with Gasteiger partial charge in [-0.1, -0.05) is 24.3 Å². The zero-order chi connectivity index (χ0) is 24.4. The third kappa shape index (κ3) is 4.53. The summed E-state index contributed by atoms with van der Waals surface area (Å²) in [5, 5.41) is 20.7. The third-order valence-electron chi connectivity index (χ3n) is 5.79. The Bertz CT molecular complexity index is 1230. The molecule has 3 aromatic rings. The van der Waals surface area contributed by atoms with Crippen LogP contribution < -0.4 is 10.8 Å². The molecule has 10 nitrogen and oxygen atoms in total. The predicted octanol–water partition coefficient (Wildman–Crippen LogP) is 2.24. The molecule has 1 aliphatic rings. The van der Waals surface area contributed by atoms with Crippen LogP contribution in [-0.4, -0.2) is 61.8 Å². The van der Waals surface area contributed by atoms with Gasteiger partial charge in [-0.05, 0) is 29.8 Å². The van der Waals surface area contributed by atoms with Crippen molar-refractivity contribution in [1.82, 2.24) is 25.2 Å². The van der Waals surface area contributed by atoms with Gasteiger partial charge < -0.3 is 19.9 Å². The highest BCUT2D eigenvalue weighted by Gasteiger charge is 2.40. The van der Waals surface area contributed by atoms with Gasteiger partial charge in [-0.3, -0.25) is 14.8 Å². The number of imidazole rings is 1. The SMILES string of the molecule is O=C(N[C@@H]1CN(C(=O)O)C[C@@H]1C(=O)NO)c1ccc(Cn2c(C(F)F)nc3ccccc32)cc1. The Morgan fingerprint density at radius 2 is 1.79 bits per heavy atom. The number of hydrogen-bond donors (Lipinski definition) is 4. The molecular weight excluding hydrogens is 452 g/mol. The molecular formula is C22H21F2N5O5. The fraction of sp³-hybridized carbons (Fsp3) is 0.273. The maximum absolute atomic E-state index is 13.5. The first-order valence-electron chi connectivity index (χ1n) is 10.3. The molecule has 2 heterocycles. The lowest BCUT2D eigenvalue weighted by molar-refractivity contribution is -0.133. The lowest BCUT2D eigenvalue weighted by atomic mass is 10.0. The van der Waals surface area contributed by atoms with E-state index >= 15 is 0 Å². The van der Waals surface area contributed by atoms with Gasteiger partial charge in [-0.25, -0.2) is 24.0 Å². The molecule has 34 heavy (non-hydrogen) atoms. The maximum atomic E-state index is 13.5. The molecule has 0 aliphatic carbocycles. The molecule has 12 heteroatoms. The van der Waals surface area contributed by atoms with E-state index in [9.17, 15) is 28.3 Å². The number of nitrogens with one attached hydrogen (secondary N) is 2. The van der Waals surface area contributed by atoms with Crippen molar-refractivity contribution in [2.45, 2.75) is 19.0 Å². The lowest BCUT2D eigenvalue weighted by Crippen LogP contribution is -2.45. The molecule has 4 rings (SSSR count). The first kappa shape index (κ1) is 23.1. The number of carbonyl (C=O) groups excluding carboxylic acids is 2. The van der Waals surface area contributed by atoms with Crippen LogP contribution in [0.4, 0.5) is 13.6 Å². The topological polar surface area (TPSA) is 137 Å². The van der Waals surface area contributed by atoms with E-state index in [2.05, 4.69) is 10.3 Å². The summed E-state index contributed by atoms with van der Waals surface area (Å²) in [6.45, 7) is -0.157. The van der Waals surface area contributed by atoms with Crippen molar-refractivity contribution in [2.75, 3.05) is 13.1 Å². The van der Waals surface area contributed by atoms with Crippen molar-refractivity contribution in [3.63, 3.8) is 0 Å². The zero-order valence-electron chi connectivity index (χ0n) is 17.7. The van der Waals surface area contributed by atoms with Gasteiger partial charge in [0, 0.05) is 25.2 Å². The molecule has 3 amide bonds. The van der Waals surface area contributed by atoms with Gasteiger partial charge in [0.2, 0.25) is 5.91 Å². The number of aromatic nitrogens is 2. The minimum absolute atomic E-state index is 0.110. The minimum atomic E-state index is -2.75. The number of para-hydroxylation sites is 2. The van der Waals surface area contributed by atoms with Gasteiger partial charge >= 0.3 is 6.09 Å².